The monoisotopic (exact) mass is 164 g/mol. The van der Waals surface area contributed by atoms with Gasteiger partial charge in [0.25, 0.3) is 0 Å². The van der Waals surface area contributed by atoms with Crippen LogP contribution in [0.15, 0.2) is 12.1 Å². The van der Waals surface area contributed by atoms with Gasteiger partial charge in [0.05, 0.1) is 0 Å². The van der Waals surface area contributed by atoms with Crippen molar-refractivity contribution < 1.29 is 0 Å². The molecule has 0 aliphatic heterocycles. The number of aryl methyl sites for hydroxylation is 3. The fraction of sp³-hybridized carbons (Fsp3) is 0.500. The smallest absolute Gasteiger partial charge is 0.0392 e. The van der Waals surface area contributed by atoms with Gasteiger partial charge in [0, 0.05) is 0 Å². The van der Waals surface area contributed by atoms with E-state index >= 15 is 0 Å². The van der Waals surface area contributed by atoms with Crippen LogP contribution in [0.2, 0.25) is 0 Å². The van der Waals surface area contributed by atoms with Gasteiger partial charge < -0.3 is 0 Å². The zero-order valence-electron chi connectivity index (χ0n) is 9.15. The minimum atomic E-state index is 1.36. The Morgan fingerprint density at radius 1 is 0.750 bits per heavy atom. The molecule has 1 rings (SSSR count). The molecule has 0 N–H and O–H groups in total. The second kappa shape index (κ2) is 4.97. The van der Waals surface area contributed by atoms with E-state index in [1.54, 1.807) is 0 Å². The molecule has 0 saturated carbocycles. The van der Waals surface area contributed by atoms with Gasteiger partial charge in [0.2, 0.25) is 0 Å². The predicted octanol–water partition coefficient (Wildman–Crippen LogP) is 3.95. The van der Waals surface area contributed by atoms with Crippen molar-refractivity contribution in [2.75, 3.05) is 0 Å². The first-order valence-electron chi connectivity index (χ1n) is 4.65. The molecule has 0 heterocycles. The van der Waals surface area contributed by atoms with Crippen LogP contribution in [-0.2, 0) is 0 Å². The average Bonchev–Trinajstić information content (AvgIpc) is 2.04. The molecular weight excluding hydrogens is 144 g/mol. The summed E-state index contributed by atoms with van der Waals surface area (Å²) in [6, 6.07) is 4.45. The van der Waals surface area contributed by atoms with Crippen molar-refractivity contribution in [3.63, 3.8) is 0 Å². The van der Waals surface area contributed by atoms with E-state index < -0.39 is 0 Å². The standard InChI is InChI=1S/C10H14.C2H6/c1-7-5-8(2)10(4)9(3)6-7;1-2/h5-6H,1-4H3;1-2H3. The summed E-state index contributed by atoms with van der Waals surface area (Å²) >= 11 is 0. The van der Waals surface area contributed by atoms with Gasteiger partial charge in [0.1, 0.15) is 0 Å². The lowest BCUT2D eigenvalue weighted by molar-refractivity contribution is 1.23. The molecule has 68 valence electrons. The van der Waals surface area contributed by atoms with Gasteiger partial charge in [-0.25, -0.2) is 0 Å². The van der Waals surface area contributed by atoms with Gasteiger partial charge in [0.15, 0.2) is 0 Å². The number of benzene rings is 1. The third-order valence-electron chi connectivity index (χ3n) is 2.07. The van der Waals surface area contributed by atoms with Crippen molar-refractivity contribution in [2.45, 2.75) is 41.5 Å². The first kappa shape index (κ1) is 11.2. The van der Waals surface area contributed by atoms with E-state index in [0.29, 0.717) is 0 Å². The third kappa shape index (κ3) is 2.69. The highest BCUT2D eigenvalue weighted by Crippen LogP contribution is 2.13. The van der Waals surface area contributed by atoms with Crippen molar-refractivity contribution in [3.8, 4) is 0 Å². The lowest BCUT2D eigenvalue weighted by atomic mass is 10.0. The van der Waals surface area contributed by atoms with Crippen LogP contribution in [0.25, 0.3) is 0 Å². The zero-order chi connectivity index (χ0) is 9.72. The lowest BCUT2D eigenvalue weighted by Gasteiger charge is -2.04. The first-order chi connectivity index (χ1) is 5.61. The summed E-state index contributed by atoms with van der Waals surface area (Å²) in [5.74, 6) is 0. The lowest BCUT2D eigenvalue weighted by Crippen LogP contribution is -1.86. The maximum absolute atomic E-state index is 2.22. The van der Waals surface area contributed by atoms with Crippen molar-refractivity contribution in [1.82, 2.24) is 0 Å². The molecule has 0 nitrogen and oxygen atoms in total. The second-order valence-corrected chi connectivity index (χ2v) is 3.02. The highest BCUT2D eigenvalue weighted by molar-refractivity contribution is 5.35. The minimum Gasteiger partial charge on any atom is -0.0683 e. The van der Waals surface area contributed by atoms with Crippen molar-refractivity contribution >= 4 is 0 Å². The highest BCUT2D eigenvalue weighted by Gasteiger charge is 1.95. The first-order valence-corrected chi connectivity index (χ1v) is 4.65. The number of hydrogen-bond donors (Lipinski definition) is 0. The van der Waals surface area contributed by atoms with E-state index in [-0.39, 0.29) is 0 Å². The molecule has 0 amide bonds. The molecule has 1 aromatic carbocycles. The van der Waals surface area contributed by atoms with E-state index in [4.69, 9.17) is 0 Å². The predicted molar refractivity (Wildman–Crippen MR) is 56.7 cm³/mol. The summed E-state index contributed by atoms with van der Waals surface area (Å²) < 4.78 is 0. The average molecular weight is 164 g/mol. The molecule has 1 aromatic rings. The molecule has 0 fully saturated rings. The Bertz CT molecular complexity index is 223. The Kier molecular flexibility index (Phi) is 4.65. The molecule has 0 bridgehead atoms. The summed E-state index contributed by atoms with van der Waals surface area (Å²) in [5, 5.41) is 0. The molecular formula is C12H20. The highest BCUT2D eigenvalue weighted by atomic mass is 14.0. The van der Waals surface area contributed by atoms with Crippen LogP contribution in [-0.4, -0.2) is 0 Å². The van der Waals surface area contributed by atoms with Crippen LogP contribution >= 0.6 is 0 Å². The van der Waals surface area contributed by atoms with Crippen LogP contribution in [0, 0.1) is 27.7 Å². The van der Waals surface area contributed by atoms with E-state index in [1.807, 2.05) is 13.8 Å². The summed E-state index contributed by atoms with van der Waals surface area (Å²) in [4.78, 5) is 0. The fourth-order valence-corrected chi connectivity index (χ4v) is 1.25. The maximum Gasteiger partial charge on any atom is -0.0392 e. The Morgan fingerprint density at radius 3 is 1.42 bits per heavy atom. The Hall–Kier alpha value is -0.780. The quantitative estimate of drug-likeness (QED) is 0.544. The Morgan fingerprint density at radius 2 is 1.08 bits per heavy atom. The van der Waals surface area contributed by atoms with Crippen LogP contribution in [0.3, 0.4) is 0 Å². The Balaban J connectivity index is 0.000000561. The van der Waals surface area contributed by atoms with Gasteiger partial charge >= 0.3 is 0 Å². The number of hydrogen-bond acceptors (Lipinski definition) is 0. The van der Waals surface area contributed by atoms with Gasteiger partial charge in [-0.1, -0.05) is 31.5 Å². The normalized spacial score (nSPS) is 8.83. The van der Waals surface area contributed by atoms with Gasteiger partial charge in [-0.05, 0) is 44.4 Å². The molecule has 0 heteroatoms. The largest absolute Gasteiger partial charge is 0.0683 e. The molecule has 0 atom stereocenters. The van der Waals surface area contributed by atoms with Crippen LogP contribution in [0.1, 0.15) is 36.1 Å². The molecule has 0 radical (unpaired) electrons. The van der Waals surface area contributed by atoms with Crippen molar-refractivity contribution in [2.24, 2.45) is 0 Å². The summed E-state index contributed by atoms with van der Waals surface area (Å²) in [6.07, 6.45) is 0. The second-order valence-electron chi connectivity index (χ2n) is 3.02. The Labute approximate surface area is 76.6 Å². The van der Waals surface area contributed by atoms with E-state index in [0.717, 1.165) is 0 Å². The molecule has 0 saturated heterocycles. The molecule has 0 aliphatic rings. The van der Waals surface area contributed by atoms with Crippen molar-refractivity contribution in [1.29, 1.82) is 0 Å². The third-order valence-corrected chi connectivity index (χ3v) is 2.07. The summed E-state index contributed by atoms with van der Waals surface area (Å²) in [7, 11) is 0. The van der Waals surface area contributed by atoms with E-state index in [9.17, 15) is 0 Å². The molecule has 12 heavy (non-hydrogen) atoms. The topological polar surface area (TPSA) is 0 Å². The van der Waals surface area contributed by atoms with Crippen LogP contribution in [0.5, 0.6) is 0 Å². The molecule has 0 aliphatic carbocycles. The van der Waals surface area contributed by atoms with E-state index in [2.05, 4.69) is 39.8 Å². The zero-order valence-corrected chi connectivity index (χ0v) is 9.15. The number of rotatable bonds is 0. The van der Waals surface area contributed by atoms with Gasteiger partial charge in [-0.15, -0.1) is 0 Å². The van der Waals surface area contributed by atoms with Crippen molar-refractivity contribution in [3.05, 3.63) is 34.4 Å². The maximum atomic E-state index is 2.22. The SMILES string of the molecule is CC.Cc1cc(C)c(C)c(C)c1. The van der Waals surface area contributed by atoms with Crippen LogP contribution in [0.4, 0.5) is 0 Å². The molecule has 0 unspecified atom stereocenters. The summed E-state index contributed by atoms with van der Waals surface area (Å²) in [6.45, 7) is 12.6. The minimum absolute atomic E-state index is 1.36. The fourth-order valence-electron chi connectivity index (χ4n) is 1.25. The van der Waals surface area contributed by atoms with Gasteiger partial charge in [-0.3, -0.25) is 0 Å². The van der Waals surface area contributed by atoms with Gasteiger partial charge in [-0.2, -0.15) is 0 Å². The summed E-state index contributed by atoms with van der Waals surface area (Å²) in [5.41, 5.74) is 5.58. The molecule has 0 aromatic heterocycles. The van der Waals surface area contributed by atoms with E-state index in [1.165, 1.54) is 22.3 Å². The van der Waals surface area contributed by atoms with Crippen LogP contribution < -0.4 is 0 Å². The molecule has 0 spiro atoms.